The summed E-state index contributed by atoms with van der Waals surface area (Å²) in [7, 11) is 0. The molecule has 0 radical (unpaired) electrons. The number of aromatic nitrogens is 1. The van der Waals surface area contributed by atoms with Gasteiger partial charge < -0.3 is 24.9 Å². The van der Waals surface area contributed by atoms with E-state index >= 15 is 0 Å². The fourth-order valence-corrected chi connectivity index (χ4v) is 5.81. The number of pyridine rings is 1. The number of nitrogens with zero attached hydrogens (tertiary/aromatic N) is 2. The largest absolute Gasteiger partial charge is 0.461 e. The molecule has 1 aromatic carbocycles. The van der Waals surface area contributed by atoms with Gasteiger partial charge in [-0.25, -0.2) is 4.79 Å². The van der Waals surface area contributed by atoms with Crippen LogP contribution in [0.4, 0.5) is 9.80 Å². The number of benzene rings is 1. The number of anilines is 1. The maximum absolute atomic E-state index is 13.7. The second-order valence-corrected chi connectivity index (χ2v) is 11.9. The molecule has 4 atom stereocenters. The van der Waals surface area contributed by atoms with Crippen molar-refractivity contribution < 1.29 is 33.8 Å². The normalized spacial score (nSPS) is 19.0. The van der Waals surface area contributed by atoms with Crippen molar-refractivity contribution in [1.29, 1.82) is 0 Å². The fourth-order valence-electron chi connectivity index (χ4n) is 4.88. The van der Waals surface area contributed by atoms with Gasteiger partial charge in [0, 0.05) is 18.9 Å². The number of hydrogen-bond donors (Lipinski definition) is 2. The van der Waals surface area contributed by atoms with Gasteiger partial charge in [0.2, 0.25) is 5.91 Å². The minimum atomic E-state index is -0.950. The van der Waals surface area contributed by atoms with E-state index in [-0.39, 0.29) is 26.2 Å². The monoisotopic (exact) mass is 584 g/mol. The van der Waals surface area contributed by atoms with Crippen molar-refractivity contribution in [1.82, 2.24) is 10.3 Å². The summed E-state index contributed by atoms with van der Waals surface area (Å²) in [5.74, 6) is -3.88. The molecule has 4 unspecified atom stereocenters. The van der Waals surface area contributed by atoms with Gasteiger partial charge in [0.25, 0.3) is 5.09 Å². The second kappa shape index (κ2) is 12.9. The van der Waals surface area contributed by atoms with E-state index in [9.17, 15) is 24.5 Å². The Balaban J connectivity index is 1.56. The molecule has 41 heavy (non-hydrogen) atoms. The number of nitrogens with one attached hydrogen (secondary N) is 2. The molecular formula is C28H32N4O8S. The number of hydrogen-bond acceptors (Lipinski definition) is 10. The molecule has 3 aromatic rings. The van der Waals surface area contributed by atoms with Crippen LogP contribution in [0.5, 0.6) is 0 Å². The zero-order valence-electron chi connectivity index (χ0n) is 22.9. The molecule has 0 bridgehead atoms. The molecule has 4 rings (SSSR count). The highest BCUT2D eigenvalue weighted by Gasteiger charge is 2.52. The Morgan fingerprint density at radius 2 is 1.95 bits per heavy atom. The Labute approximate surface area is 240 Å². The number of rotatable bonds is 11. The van der Waals surface area contributed by atoms with Gasteiger partial charge in [-0.05, 0) is 62.1 Å². The van der Waals surface area contributed by atoms with Gasteiger partial charge in [-0.15, -0.1) is 21.5 Å². The van der Waals surface area contributed by atoms with Crippen LogP contribution in [0.1, 0.15) is 32.8 Å². The standard InChI is InChI=1S/C28H32N4O8S/c1-28(2,3)40-27(35)30-13-21(25(33)31-23-12-18-9-10-29-14-22(18)41-23)24-19(16-39-32(36)37)11-20(24)26(34)38-15-17-7-5-4-6-8-17/h4-10,12,14,19-21,24H,11,13,15-16H2,1-3H3,(H,30,35)(H,31,33). The number of esters is 1. The molecule has 0 aliphatic heterocycles. The first-order valence-corrected chi connectivity index (χ1v) is 13.9. The van der Waals surface area contributed by atoms with Crippen molar-refractivity contribution in [3.8, 4) is 0 Å². The fraction of sp³-hybridized carbons (Fsp3) is 0.429. The lowest BCUT2D eigenvalue weighted by atomic mass is 9.59. The Morgan fingerprint density at radius 1 is 1.20 bits per heavy atom. The van der Waals surface area contributed by atoms with E-state index in [1.54, 1.807) is 39.2 Å². The molecule has 1 aliphatic rings. The first-order valence-electron chi connectivity index (χ1n) is 13.1. The average Bonchev–Trinajstić information content (AvgIpc) is 3.30. The molecule has 2 N–H and O–H groups in total. The van der Waals surface area contributed by atoms with E-state index in [2.05, 4.69) is 20.5 Å². The van der Waals surface area contributed by atoms with Gasteiger partial charge in [0.05, 0.1) is 28.1 Å². The number of carbonyl (C=O) groups excluding carboxylic acids is 3. The van der Waals surface area contributed by atoms with Crippen LogP contribution in [0.25, 0.3) is 10.1 Å². The van der Waals surface area contributed by atoms with E-state index < -0.39 is 52.3 Å². The average molecular weight is 585 g/mol. The number of carbonyl (C=O) groups is 3. The maximum atomic E-state index is 13.7. The van der Waals surface area contributed by atoms with E-state index in [4.69, 9.17) is 9.47 Å². The molecule has 1 aliphatic carbocycles. The summed E-state index contributed by atoms with van der Waals surface area (Å²) in [6.45, 7) is 4.70. The van der Waals surface area contributed by atoms with Crippen molar-refractivity contribution in [2.75, 3.05) is 18.5 Å². The summed E-state index contributed by atoms with van der Waals surface area (Å²) < 4.78 is 11.8. The van der Waals surface area contributed by atoms with Crippen LogP contribution in [0.15, 0.2) is 54.9 Å². The first-order chi connectivity index (χ1) is 19.5. The number of amides is 2. The lowest BCUT2D eigenvalue weighted by Gasteiger charge is -2.46. The van der Waals surface area contributed by atoms with Crippen LogP contribution in [-0.4, -0.2) is 46.8 Å². The summed E-state index contributed by atoms with van der Waals surface area (Å²) in [4.78, 5) is 59.0. The highest BCUT2D eigenvalue weighted by molar-refractivity contribution is 7.22. The van der Waals surface area contributed by atoms with Crippen LogP contribution < -0.4 is 10.6 Å². The van der Waals surface area contributed by atoms with Crippen LogP contribution in [0.2, 0.25) is 0 Å². The van der Waals surface area contributed by atoms with Gasteiger partial charge in [-0.2, -0.15) is 0 Å². The number of fused-ring (bicyclic) bond motifs is 1. The molecule has 12 nitrogen and oxygen atoms in total. The SMILES string of the molecule is CC(C)(C)OC(=O)NCC(C(=O)Nc1cc2ccncc2s1)C1C(CO[N+](=O)[O-])CC1C(=O)OCc1ccccc1. The minimum absolute atomic E-state index is 0.0435. The smallest absolute Gasteiger partial charge is 0.407 e. The van der Waals surface area contributed by atoms with Crippen molar-refractivity contribution in [2.24, 2.45) is 23.7 Å². The number of ether oxygens (including phenoxy) is 2. The number of alkyl carbamates (subject to hydrolysis) is 1. The molecular weight excluding hydrogens is 552 g/mol. The summed E-state index contributed by atoms with van der Waals surface area (Å²) >= 11 is 1.33. The van der Waals surface area contributed by atoms with E-state index in [1.807, 2.05) is 36.4 Å². The zero-order chi connectivity index (χ0) is 29.6. The van der Waals surface area contributed by atoms with Crippen molar-refractivity contribution in [3.05, 3.63) is 70.5 Å². The summed E-state index contributed by atoms with van der Waals surface area (Å²) in [5, 5.41) is 17.0. The third-order valence-electron chi connectivity index (χ3n) is 6.72. The minimum Gasteiger partial charge on any atom is -0.461 e. The molecule has 2 heterocycles. The van der Waals surface area contributed by atoms with Crippen LogP contribution in [0, 0.1) is 33.8 Å². The maximum Gasteiger partial charge on any atom is 0.407 e. The molecule has 2 amide bonds. The van der Waals surface area contributed by atoms with Crippen molar-refractivity contribution in [2.45, 2.75) is 39.4 Å². The lowest BCUT2D eigenvalue weighted by molar-refractivity contribution is -0.760. The van der Waals surface area contributed by atoms with Gasteiger partial charge in [-0.3, -0.25) is 14.6 Å². The second-order valence-electron chi connectivity index (χ2n) is 10.8. The predicted octanol–water partition coefficient (Wildman–Crippen LogP) is 4.58. The first kappa shape index (κ1) is 29.7. The summed E-state index contributed by atoms with van der Waals surface area (Å²) in [6, 6.07) is 12.8. The Bertz CT molecular complexity index is 1360. The summed E-state index contributed by atoms with van der Waals surface area (Å²) in [5.41, 5.74) is 0.0278. The van der Waals surface area contributed by atoms with Crippen molar-refractivity contribution >= 4 is 44.4 Å². The van der Waals surface area contributed by atoms with E-state index in [1.165, 1.54) is 11.3 Å². The summed E-state index contributed by atoms with van der Waals surface area (Å²) in [6.07, 6.45) is 2.83. The van der Waals surface area contributed by atoms with Gasteiger partial charge in [-0.1, -0.05) is 30.3 Å². The van der Waals surface area contributed by atoms with Crippen LogP contribution >= 0.6 is 11.3 Å². The molecule has 218 valence electrons. The van der Waals surface area contributed by atoms with Gasteiger partial charge in [0.15, 0.2) is 0 Å². The zero-order valence-corrected chi connectivity index (χ0v) is 23.7. The predicted molar refractivity (Wildman–Crippen MR) is 150 cm³/mol. The highest BCUT2D eigenvalue weighted by atomic mass is 32.1. The quantitative estimate of drug-likeness (QED) is 0.187. The molecule has 1 fully saturated rings. The number of thiophene rings is 1. The molecule has 2 aromatic heterocycles. The topological polar surface area (TPSA) is 159 Å². The van der Waals surface area contributed by atoms with Crippen LogP contribution in [0.3, 0.4) is 0 Å². The molecule has 0 saturated heterocycles. The van der Waals surface area contributed by atoms with Crippen molar-refractivity contribution in [3.63, 3.8) is 0 Å². The molecule has 1 saturated carbocycles. The van der Waals surface area contributed by atoms with Gasteiger partial charge in [0.1, 0.15) is 12.2 Å². The third kappa shape index (κ3) is 8.13. The lowest BCUT2D eigenvalue weighted by Crippen LogP contribution is -2.54. The Kier molecular flexibility index (Phi) is 9.38. The van der Waals surface area contributed by atoms with E-state index in [0.717, 1.165) is 15.6 Å². The van der Waals surface area contributed by atoms with Gasteiger partial charge >= 0.3 is 12.1 Å². The molecule has 13 heteroatoms. The highest BCUT2D eigenvalue weighted by Crippen LogP contribution is 2.47. The Morgan fingerprint density at radius 3 is 2.63 bits per heavy atom. The Hall–Kier alpha value is -4.26. The molecule has 0 spiro atoms. The third-order valence-corrected chi connectivity index (χ3v) is 7.72. The van der Waals surface area contributed by atoms with E-state index in [0.29, 0.717) is 5.00 Å². The van der Waals surface area contributed by atoms with Crippen LogP contribution in [-0.2, 0) is 30.5 Å².